The molecule has 88 valence electrons. The van der Waals surface area contributed by atoms with Crippen LogP contribution in [0.3, 0.4) is 0 Å². The molecule has 0 radical (unpaired) electrons. The lowest BCUT2D eigenvalue weighted by Crippen LogP contribution is -2.22. The van der Waals surface area contributed by atoms with Gasteiger partial charge < -0.3 is 0 Å². The average molecular weight is 252 g/mol. The van der Waals surface area contributed by atoms with E-state index in [1.807, 2.05) is 36.7 Å². The van der Waals surface area contributed by atoms with Crippen LogP contribution in [-0.2, 0) is 0 Å². The first-order chi connectivity index (χ1) is 8.95. The van der Waals surface area contributed by atoms with Crippen LogP contribution in [0.2, 0.25) is 0 Å². The summed E-state index contributed by atoms with van der Waals surface area (Å²) in [7, 11) is -0.548. The highest BCUT2D eigenvalue weighted by molar-refractivity contribution is 7.73. The normalized spacial score (nSPS) is 14.5. The summed E-state index contributed by atoms with van der Waals surface area (Å²) in [5.74, 6) is 0. The van der Waals surface area contributed by atoms with E-state index < -0.39 is 7.92 Å². The Bertz CT molecular complexity index is 512. The molecule has 0 N–H and O–H groups in total. The molecule has 0 spiro atoms. The largest absolute Gasteiger partial charge is 0.256 e. The highest BCUT2D eigenvalue weighted by Crippen LogP contribution is 2.40. The zero-order valence-corrected chi connectivity index (χ0v) is 10.7. The SMILES string of the molecule is C1=CC(P(c2ccccn2)c2ccccn2)C=C1. The third kappa shape index (κ3) is 2.25. The van der Waals surface area contributed by atoms with Crippen molar-refractivity contribution in [3.63, 3.8) is 0 Å². The van der Waals surface area contributed by atoms with Crippen LogP contribution in [0.15, 0.2) is 73.1 Å². The maximum absolute atomic E-state index is 4.52. The van der Waals surface area contributed by atoms with Gasteiger partial charge in [0.2, 0.25) is 0 Å². The van der Waals surface area contributed by atoms with Gasteiger partial charge in [0.25, 0.3) is 0 Å². The fourth-order valence-electron chi connectivity index (χ4n) is 2.01. The molecule has 0 saturated heterocycles. The molecular formula is C15H13N2P. The third-order valence-electron chi connectivity index (χ3n) is 2.82. The first kappa shape index (κ1) is 11.3. The van der Waals surface area contributed by atoms with Crippen LogP contribution in [0.25, 0.3) is 0 Å². The van der Waals surface area contributed by atoms with E-state index in [0.29, 0.717) is 5.66 Å². The Kier molecular flexibility index (Phi) is 3.29. The first-order valence-corrected chi connectivity index (χ1v) is 7.32. The summed E-state index contributed by atoms with van der Waals surface area (Å²) in [6.07, 6.45) is 12.4. The topological polar surface area (TPSA) is 25.8 Å². The standard InChI is InChI=1S/C15H13N2P/c1-2-8-13(7-1)18(14-9-3-5-11-16-14)15-10-4-6-12-17-15/h1-13H. The van der Waals surface area contributed by atoms with Gasteiger partial charge in [-0.05, 0) is 24.3 Å². The Morgan fingerprint density at radius 2 is 1.33 bits per heavy atom. The van der Waals surface area contributed by atoms with Crippen molar-refractivity contribution in [2.75, 3.05) is 0 Å². The predicted molar refractivity (Wildman–Crippen MR) is 76.7 cm³/mol. The van der Waals surface area contributed by atoms with E-state index in [9.17, 15) is 0 Å². The summed E-state index contributed by atoms with van der Waals surface area (Å²) in [6, 6.07) is 12.2. The predicted octanol–water partition coefficient (Wildman–Crippen LogP) is 2.40. The number of allylic oxidation sites excluding steroid dienone is 4. The molecular weight excluding hydrogens is 239 g/mol. The fraction of sp³-hybridized carbons (Fsp3) is 0.0667. The molecule has 2 aromatic heterocycles. The van der Waals surface area contributed by atoms with E-state index >= 15 is 0 Å². The molecule has 0 fully saturated rings. The second-order valence-electron chi connectivity index (χ2n) is 4.01. The molecule has 0 bridgehead atoms. The zero-order chi connectivity index (χ0) is 12.2. The number of hydrogen-bond acceptors (Lipinski definition) is 2. The molecule has 2 aromatic rings. The average Bonchev–Trinajstić information content (AvgIpc) is 2.95. The summed E-state index contributed by atoms with van der Waals surface area (Å²) in [6.45, 7) is 0. The van der Waals surface area contributed by atoms with Crippen LogP contribution in [0.1, 0.15) is 0 Å². The van der Waals surface area contributed by atoms with Gasteiger partial charge in [-0.3, -0.25) is 9.97 Å². The Hall–Kier alpha value is -1.79. The zero-order valence-electron chi connectivity index (χ0n) is 9.85. The van der Waals surface area contributed by atoms with Crippen LogP contribution in [0.5, 0.6) is 0 Å². The molecule has 0 aliphatic heterocycles. The van der Waals surface area contributed by atoms with Gasteiger partial charge in [-0.1, -0.05) is 36.4 Å². The van der Waals surface area contributed by atoms with E-state index in [1.165, 1.54) is 0 Å². The van der Waals surface area contributed by atoms with Gasteiger partial charge in [0.1, 0.15) is 0 Å². The van der Waals surface area contributed by atoms with Crippen molar-refractivity contribution in [2.24, 2.45) is 0 Å². The van der Waals surface area contributed by atoms with E-state index in [0.717, 1.165) is 10.9 Å². The molecule has 2 nitrogen and oxygen atoms in total. The second-order valence-corrected chi connectivity index (χ2v) is 6.26. The number of hydrogen-bond donors (Lipinski definition) is 0. The van der Waals surface area contributed by atoms with Crippen LogP contribution >= 0.6 is 7.92 Å². The monoisotopic (exact) mass is 252 g/mol. The molecule has 0 amide bonds. The lowest BCUT2D eigenvalue weighted by Gasteiger charge is -2.20. The molecule has 0 atom stereocenters. The highest BCUT2D eigenvalue weighted by atomic mass is 31.1. The summed E-state index contributed by atoms with van der Waals surface area (Å²) >= 11 is 0. The molecule has 0 aromatic carbocycles. The molecule has 18 heavy (non-hydrogen) atoms. The molecule has 2 heterocycles. The minimum atomic E-state index is -0.548. The highest BCUT2D eigenvalue weighted by Gasteiger charge is 2.24. The van der Waals surface area contributed by atoms with Gasteiger partial charge in [-0.15, -0.1) is 0 Å². The Morgan fingerprint density at radius 3 is 1.78 bits per heavy atom. The molecule has 1 aliphatic rings. The van der Waals surface area contributed by atoms with Gasteiger partial charge in [0.05, 0.1) is 10.9 Å². The fourth-order valence-corrected chi connectivity index (χ4v) is 4.27. The molecule has 0 saturated carbocycles. The summed E-state index contributed by atoms with van der Waals surface area (Å²) in [5, 5.41) is 0. The minimum Gasteiger partial charge on any atom is -0.256 e. The van der Waals surface area contributed by atoms with Crippen LogP contribution in [-0.4, -0.2) is 15.6 Å². The summed E-state index contributed by atoms with van der Waals surface area (Å²) in [5.41, 5.74) is 2.67. The van der Waals surface area contributed by atoms with Gasteiger partial charge >= 0.3 is 0 Å². The van der Waals surface area contributed by atoms with Gasteiger partial charge in [0, 0.05) is 26.0 Å². The smallest absolute Gasteiger partial charge is 0.0701 e. The number of aromatic nitrogens is 2. The van der Waals surface area contributed by atoms with E-state index in [-0.39, 0.29) is 0 Å². The lowest BCUT2D eigenvalue weighted by atomic mass is 10.5. The van der Waals surface area contributed by atoms with E-state index in [2.05, 4.69) is 46.4 Å². The maximum Gasteiger partial charge on any atom is 0.0701 e. The van der Waals surface area contributed by atoms with Gasteiger partial charge in [-0.2, -0.15) is 0 Å². The summed E-state index contributed by atoms with van der Waals surface area (Å²) in [4.78, 5) is 9.04. The molecule has 0 unspecified atom stereocenters. The van der Waals surface area contributed by atoms with Crippen molar-refractivity contribution in [3.8, 4) is 0 Å². The Labute approximate surface area is 108 Å². The molecule has 3 heteroatoms. The maximum atomic E-state index is 4.52. The molecule has 1 aliphatic carbocycles. The third-order valence-corrected chi connectivity index (χ3v) is 5.27. The van der Waals surface area contributed by atoms with Crippen molar-refractivity contribution in [1.82, 2.24) is 9.97 Å². The quantitative estimate of drug-likeness (QED) is 0.784. The second kappa shape index (κ2) is 5.24. The number of rotatable bonds is 3. The van der Waals surface area contributed by atoms with Crippen molar-refractivity contribution in [3.05, 3.63) is 73.1 Å². The Morgan fingerprint density at radius 1 is 0.778 bits per heavy atom. The minimum absolute atomic E-state index is 0.407. The van der Waals surface area contributed by atoms with Crippen molar-refractivity contribution in [2.45, 2.75) is 5.66 Å². The van der Waals surface area contributed by atoms with Crippen LogP contribution in [0.4, 0.5) is 0 Å². The Balaban J connectivity index is 2.04. The first-order valence-electron chi connectivity index (χ1n) is 5.91. The van der Waals surface area contributed by atoms with E-state index in [1.54, 1.807) is 0 Å². The van der Waals surface area contributed by atoms with Gasteiger partial charge in [-0.25, -0.2) is 0 Å². The number of nitrogens with zero attached hydrogens (tertiary/aromatic N) is 2. The molecule has 3 rings (SSSR count). The van der Waals surface area contributed by atoms with Gasteiger partial charge in [0.15, 0.2) is 0 Å². The van der Waals surface area contributed by atoms with Crippen molar-refractivity contribution >= 4 is 18.8 Å². The van der Waals surface area contributed by atoms with Crippen LogP contribution in [0, 0.1) is 0 Å². The summed E-state index contributed by atoms with van der Waals surface area (Å²) < 4.78 is 0. The van der Waals surface area contributed by atoms with Crippen molar-refractivity contribution < 1.29 is 0 Å². The lowest BCUT2D eigenvalue weighted by molar-refractivity contribution is 1.34. The van der Waals surface area contributed by atoms with Crippen LogP contribution < -0.4 is 10.9 Å². The number of pyridine rings is 2. The van der Waals surface area contributed by atoms with Crippen molar-refractivity contribution in [1.29, 1.82) is 0 Å². The van der Waals surface area contributed by atoms with E-state index in [4.69, 9.17) is 0 Å².